The Morgan fingerprint density at radius 3 is 2.11 bits per heavy atom. The normalized spacial score (nSPS) is 13.2. The van der Waals surface area contributed by atoms with Crippen LogP contribution in [-0.4, -0.2) is 47.2 Å². The summed E-state index contributed by atoms with van der Waals surface area (Å²) in [7, 11) is 8.33. The number of rotatable bonds is 7. The first kappa shape index (κ1) is 24.7. The Bertz CT molecular complexity index is 1330. The van der Waals surface area contributed by atoms with Crippen molar-refractivity contribution in [3.63, 3.8) is 0 Å². The molecule has 8 heteroatoms. The predicted molar refractivity (Wildman–Crippen MR) is 136 cm³/mol. The molecule has 0 saturated carbocycles. The Balaban J connectivity index is 1.59. The van der Waals surface area contributed by atoms with Crippen molar-refractivity contribution in [3.8, 4) is 28.7 Å². The molecular weight excluding hydrogens is 462 g/mol. The Morgan fingerprint density at radius 2 is 1.56 bits per heavy atom. The number of fused-ring (bicyclic) bond motifs is 1. The van der Waals surface area contributed by atoms with E-state index in [9.17, 15) is 9.59 Å². The predicted octanol–water partition coefficient (Wildman–Crippen LogP) is 4.92. The lowest BCUT2D eigenvalue weighted by atomic mass is 10.0. The van der Waals surface area contributed by atoms with Gasteiger partial charge in [-0.15, -0.1) is 0 Å². The van der Waals surface area contributed by atoms with Crippen LogP contribution < -0.4 is 28.6 Å². The van der Waals surface area contributed by atoms with Gasteiger partial charge >= 0.3 is 5.97 Å². The van der Waals surface area contributed by atoms with E-state index in [1.165, 1.54) is 39.5 Å². The summed E-state index contributed by atoms with van der Waals surface area (Å²) in [6, 6.07) is 13.9. The van der Waals surface area contributed by atoms with Gasteiger partial charge in [0.15, 0.2) is 17.3 Å². The average Bonchev–Trinajstić information content (AvgIpc) is 3.18. The zero-order chi connectivity index (χ0) is 26.0. The number of aryl methyl sites for hydroxylation is 1. The van der Waals surface area contributed by atoms with E-state index < -0.39 is 5.97 Å². The number of anilines is 1. The molecule has 3 aromatic carbocycles. The van der Waals surface area contributed by atoms with Gasteiger partial charge in [0.05, 0.1) is 32.5 Å². The number of Topliss-reactive ketones (excluding diaryl/α,β-unsaturated/α-hetero) is 1. The van der Waals surface area contributed by atoms with E-state index in [-0.39, 0.29) is 22.9 Å². The van der Waals surface area contributed by atoms with Gasteiger partial charge in [0.2, 0.25) is 11.5 Å². The smallest absolute Gasteiger partial charge is 0.343 e. The van der Waals surface area contributed by atoms with Crippen molar-refractivity contribution in [2.24, 2.45) is 0 Å². The standard InChI is InChI=1S/C28H27NO7/c1-16-11-20(35-28(31)18-13-23(32-4)27(34-6)24(14-18)33-5)15-21-25(16)26(30)22(36-21)12-17-7-9-19(10-8-17)29(2)3/h7-15H,1-6H3/b22-12-. The molecule has 36 heavy (non-hydrogen) atoms. The van der Waals surface area contributed by atoms with Crippen molar-refractivity contribution in [1.29, 1.82) is 0 Å². The highest BCUT2D eigenvalue weighted by atomic mass is 16.5. The number of carbonyl (C=O) groups is 2. The van der Waals surface area contributed by atoms with Crippen molar-refractivity contribution in [3.05, 3.63) is 76.5 Å². The first-order chi connectivity index (χ1) is 17.2. The Kier molecular flexibility index (Phi) is 6.87. The molecule has 0 aliphatic carbocycles. The first-order valence-electron chi connectivity index (χ1n) is 11.1. The summed E-state index contributed by atoms with van der Waals surface area (Å²) < 4.78 is 27.4. The number of methoxy groups -OCH3 is 3. The molecule has 0 atom stereocenters. The highest BCUT2D eigenvalue weighted by Crippen LogP contribution is 2.40. The van der Waals surface area contributed by atoms with Crippen LogP contribution in [-0.2, 0) is 0 Å². The summed E-state index contributed by atoms with van der Waals surface area (Å²) in [5.74, 6) is 0.966. The van der Waals surface area contributed by atoms with E-state index in [4.69, 9.17) is 23.7 Å². The molecule has 186 valence electrons. The van der Waals surface area contributed by atoms with Crippen LogP contribution in [0.5, 0.6) is 28.7 Å². The minimum atomic E-state index is -0.630. The maximum atomic E-state index is 13.0. The fraction of sp³-hybridized carbons (Fsp3) is 0.214. The van der Waals surface area contributed by atoms with E-state index in [1.54, 1.807) is 19.1 Å². The molecule has 0 unspecified atom stereocenters. The quantitative estimate of drug-likeness (QED) is 0.263. The van der Waals surface area contributed by atoms with Gasteiger partial charge in [0.25, 0.3) is 0 Å². The molecule has 1 aliphatic heterocycles. The summed E-state index contributed by atoms with van der Waals surface area (Å²) in [5.41, 5.74) is 3.17. The largest absolute Gasteiger partial charge is 0.493 e. The molecule has 0 radical (unpaired) electrons. The van der Waals surface area contributed by atoms with E-state index >= 15 is 0 Å². The molecular formula is C28H27NO7. The molecule has 0 aromatic heterocycles. The summed E-state index contributed by atoms with van der Waals surface area (Å²) in [6.07, 6.45) is 1.70. The maximum absolute atomic E-state index is 13.0. The van der Waals surface area contributed by atoms with Gasteiger partial charge in [0, 0.05) is 25.8 Å². The van der Waals surface area contributed by atoms with Crippen LogP contribution in [0.2, 0.25) is 0 Å². The number of hydrogen-bond donors (Lipinski definition) is 0. The molecule has 8 nitrogen and oxygen atoms in total. The fourth-order valence-corrected chi connectivity index (χ4v) is 3.92. The zero-order valence-electron chi connectivity index (χ0n) is 21.0. The van der Waals surface area contributed by atoms with Gasteiger partial charge in [-0.25, -0.2) is 4.79 Å². The highest BCUT2D eigenvalue weighted by molar-refractivity contribution is 6.15. The monoisotopic (exact) mass is 489 g/mol. The lowest BCUT2D eigenvalue weighted by Crippen LogP contribution is -2.10. The van der Waals surface area contributed by atoms with Gasteiger partial charge in [-0.05, 0) is 54.5 Å². The number of ether oxygens (including phenoxy) is 5. The number of esters is 1. The van der Waals surface area contributed by atoms with Gasteiger partial charge in [0.1, 0.15) is 11.5 Å². The van der Waals surface area contributed by atoms with Crippen LogP contribution >= 0.6 is 0 Å². The van der Waals surface area contributed by atoms with Crippen molar-refractivity contribution in [2.75, 3.05) is 40.3 Å². The maximum Gasteiger partial charge on any atom is 0.343 e. The molecule has 3 aromatic rings. The van der Waals surface area contributed by atoms with Gasteiger partial charge in [-0.3, -0.25) is 4.79 Å². The first-order valence-corrected chi connectivity index (χ1v) is 11.1. The molecule has 0 fully saturated rings. The van der Waals surface area contributed by atoms with Crippen molar-refractivity contribution < 1.29 is 33.3 Å². The van der Waals surface area contributed by atoms with Crippen LogP contribution in [0.15, 0.2) is 54.3 Å². The van der Waals surface area contributed by atoms with Crippen LogP contribution in [0.25, 0.3) is 6.08 Å². The van der Waals surface area contributed by atoms with Crippen molar-refractivity contribution >= 4 is 23.5 Å². The summed E-state index contributed by atoms with van der Waals surface area (Å²) in [4.78, 5) is 27.9. The summed E-state index contributed by atoms with van der Waals surface area (Å²) >= 11 is 0. The summed E-state index contributed by atoms with van der Waals surface area (Å²) in [6.45, 7) is 1.77. The summed E-state index contributed by atoms with van der Waals surface area (Å²) in [5, 5.41) is 0. The Morgan fingerprint density at radius 1 is 0.917 bits per heavy atom. The lowest BCUT2D eigenvalue weighted by Gasteiger charge is -2.14. The number of carbonyl (C=O) groups excluding carboxylic acids is 2. The van der Waals surface area contributed by atoms with Crippen LogP contribution in [0.3, 0.4) is 0 Å². The van der Waals surface area contributed by atoms with E-state index in [0.717, 1.165) is 11.3 Å². The SMILES string of the molecule is COc1cc(C(=O)Oc2cc(C)c3c(c2)O/C(=C\c2ccc(N(C)C)cc2)C3=O)cc(OC)c1OC. The van der Waals surface area contributed by atoms with Crippen LogP contribution in [0.4, 0.5) is 5.69 Å². The molecule has 0 bridgehead atoms. The minimum absolute atomic E-state index is 0.207. The fourth-order valence-electron chi connectivity index (χ4n) is 3.92. The molecule has 1 heterocycles. The second-order valence-corrected chi connectivity index (χ2v) is 8.34. The van der Waals surface area contributed by atoms with Gasteiger partial charge in [-0.1, -0.05) is 12.1 Å². The number of hydrogen-bond acceptors (Lipinski definition) is 8. The minimum Gasteiger partial charge on any atom is -0.493 e. The average molecular weight is 490 g/mol. The third-order valence-corrected chi connectivity index (χ3v) is 5.76. The van der Waals surface area contributed by atoms with Gasteiger partial charge in [-0.2, -0.15) is 0 Å². The second-order valence-electron chi connectivity index (χ2n) is 8.34. The Hall–Kier alpha value is -4.46. The molecule has 0 saturated heterocycles. The second kappa shape index (κ2) is 10.0. The van der Waals surface area contributed by atoms with Crippen LogP contribution in [0.1, 0.15) is 31.8 Å². The number of benzene rings is 3. The third kappa shape index (κ3) is 4.70. The molecule has 1 aliphatic rings. The topological polar surface area (TPSA) is 83.5 Å². The zero-order valence-corrected chi connectivity index (χ0v) is 21.0. The number of allylic oxidation sites excluding steroid dienone is 1. The molecule has 0 amide bonds. The van der Waals surface area contributed by atoms with E-state index in [0.29, 0.717) is 34.1 Å². The third-order valence-electron chi connectivity index (χ3n) is 5.76. The van der Waals surface area contributed by atoms with Crippen LogP contribution in [0, 0.1) is 6.92 Å². The van der Waals surface area contributed by atoms with Crippen molar-refractivity contribution in [1.82, 2.24) is 0 Å². The molecule has 0 spiro atoms. The highest BCUT2D eigenvalue weighted by Gasteiger charge is 2.30. The number of ketones is 1. The van der Waals surface area contributed by atoms with E-state index in [2.05, 4.69) is 0 Å². The van der Waals surface area contributed by atoms with E-state index in [1.807, 2.05) is 43.3 Å². The lowest BCUT2D eigenvalue weighted by molar-refractivity contribution is 0.0733. The Labute approximate surface area is 209 Å². The molecule has 0 N–H and O–H groups in total. The van der Waals surface area contributed by atoms with Crippen molar-refractivity contribution in [2.45, 2.75) is 6.92 Å². The van der Waals surface area contributed by atoms with Gasteiger partial charge < -0.3 is 28.6 Å². The number of nitrogens with zero attached hydrogens (tertiary/aromatic N) is 1. The molecule has 4 rings (SSSR count).